The van der Waals surface area contributed by atoms with Gasteiger partial charge in [0.15, 0.2) is 0 Å². The van der Waals surface area contributed by atoms with Crippen LogP contribution in [0.4, 0.5) is 5.69 Å². The van der Waals surface area contributed by atoms with Crippen molar-refractivity contribution in [2.45, 2.75) is 6.92 Å². The van der Waals surface area contributed by atoms with E-state index in [1.807, 2.05) is 13.0 Å². The molecule has 0 unspecified atom stereocenters. The molecule has 5 nitrogen and oxygen atoms in total. The SMILES string of the molecule is CCOc1ccccc1C(=O)Nc1ccc(C(N)=O)cc1. The number of anilines is 1. The number of carbonyl (C=O) groups excluding carboxylic acids is 2. The van der Waals surface area contributed by atoms with Gasteiger partial charge in [-0.05, 0) is 43.3 Å². The van der Waals surface area contributed by atoms with Gasteiger partial charge in [0.2, 0.25) is 5.91 Å². The minimum absolute atomic E-state index is 0.272. The van der Waals surface area contributed by atoms with Crippen LogP contribution < -0.4 is 15.8 Å². The molecule has 0 aromatic heterocycles. The highest BCUT2D eigenvalue weighted by Crippen LogP contribution is 2.19. The van der Waals surface area contributed by atoms with E-state index in [0.29, 0.717) is 29.2 Å². The van der Waals surface area contributed by atoms with Crippen LogP contribution in [0.25, 0.3) is 0 Å². The Morgan fingerprint density at radius 2 is 1.76 bits per heavy atom. The van der Waals surface area contributed by atoms with Crippen molar-refractivity contribution >= 4 is 17.5 Å². The summed E-state index contributed by atoms with van der Waals surface area (Å²) in [5.41, 5.74) is 6.59. The average molecular weight is 284 g/mol. The summed E-state index contributed by atoms with van der Waals surface area (Å²) in [6.07, 6.45) is 0. The molecule has 0 bridgehead atoms. The summed E-state index contributed by atoms with van der Waals surface area (Å²) in [7, 11) is 0. The zero-order valence-electron chi connectivity index (χ0n) is 11.6. The fourth-order valence-electron chi connectivity index (χ4n) is 1.85. The summed E-state index contributed by atoms with van der Waals surface area (Å²) in [6, 6.07) is 13.4. The minimum Gasteiger partial charge on any atom is -0.493 e. The van der Waals surface area contributed by atoms with Gasteiger partial charge >= 0.3 is 0 Å². The van der Waals surface area contributed by atoms with Gasteiger partial charge in [-0.25, -0.2) is 0 Å². The Kier molecular flexibility index (Phi) is 4.56. The lowest BCUT2D eigenvalue weighted by atomic mass is 10.1. The number of nitrogens with one attached hydrogen (secondary N) is 1. The summed E-state index contributed by atoms with van der Waals surface area (Å²) in [6.45, 7) is 2.34. The van der Waals surface area contributed by atoms with E-state index in [2.05, 4.69) is 5.32 Å². The third-order valence-corrected chi connectivity index (χ3v) is 2.86. The van der Waals surface area contributed by atoms with E-state index in [-0.39, 0.29) is 5.91 Å². The van der Waals surface area contributed by atoms with Gasteiger partial charge in [-0.2, -0.15) is 0 Å². The molecule has 0 atom stereocenters. The molecule has 0 aliphatic carbocycles. The molecule has 108 valence electrons. The Bertz CT molecular complexity index is 651. The Balaban J connectivity index is 2.16. The van der Waals surface area contributed by atoms with Crippen LogP contribution in [0.3, 0.4) is 0 Å². The average Bonchev–Trinajstić information content (AvgIpc) is 2.48. The van der Waals surface area contributed by atoms with Crippen LogP contribution in [0.5, 0.6) is 5.75 Å². The number of benzene rings is 2. The van der Waals surface area contributed by atoms with Crippen molar-refractivity contribution in [2.75, 3.05) is 11.9 Å². The molecule has 5 heteroatoms. The van der Waals surface area contributed by atoms with Crippen molar-refractivity contribution in [1.82, 2.24) is 0 Å². The maximum Gasteiger partial charge on any atom is 0.259 e. The maximum atomic E-state index is 12.2. The first-order valence-electron chi connectivity index (χ1n) is 6.55. The van der Waals surface area contributed by atoms with Crippen LogP contribution in [0.15, 0.2) is 48.5 Å². The second-order valence-electron chi connectivity index (χ2n) is 4.32. The monoisotopic (exact) mass is 284 g/mol. The molecular weight excluding hydrogens is 268 g/mol. The number of rotatable bonds is 5. The van der Waals surface area contributed by atoms with Crippen molar-refractivity contribution in [2.24, 2.45) is 5.73 Å². The fraction of sp³-hybridized carbons (Fsp3) is 0.125. The van der Waals surface area contributed by atoms with Crippen molar-refractivity contribution in [3.63, 3.8) is 0 Å². The van der Waals surface area contributed by atoms with Crippen molar-refractivity contribution < 1.29 is 14.3 Å². The van der Waals surface area contributed by atoms with E-state index in [1.54, 1.807) is 42.5 Å². The highest BCUT2D eigenvalue weighted by molar-refractivity contribution is 6.06. The summed E-state index contributed by atoms with van der Waals surface area (Å²) in [5, 5.41) is 2.75. The quantitative estimate of drug-likeness (QED) is 0.884. The van der Waals surface area contributed by atoms with Crippen LogP contribution in [0.1, 0.15) is 27.6 Å². The molecule has 3 N–H and O–H groups in total. The summed E-state index contributed by atoms with van der Waals surface area (Å²) < 4.78 is 5.42. The number of amides is 2. The van der Waals surface area contributed by atoms with Crippen molar-refractivity contribution in [3.8, 4) is 5.75 Å². The van der Waals surface area contributed by atoms with E-state index in [4.69, 9.17) is 10.5 Å². The number of hydrogen-bond acceptors (Lipinski definition) is 3. The fourth-order valence-corrected chi connectivity index (χ4v) is 1.85. The van der Waals surface area contributed by atoms with Crippen LogP contribution in [-0.2, 0) is 0 Å². The van der Waals surface area contributed by atoms with Gasteiger partial charge in [0.1, 0.15) is 5.75 Å². The molecule has 0 saturated heterocycles. The normalized spacial score (nSPS) is 9.95. The van der Waals surface area contributed by atoms with E-state index in [1.165, 1.54) is 0 Å². The first-order valence-corrected chi connectivity index (χ1v) is 6.55. The molecule has 2 aromatic carbocycles. The van der Waals surface area contributed by atoms with Crippen LogP contribution >= 0.6 is 0 Å². The number of carbonyl (C=O) groups is 2. The molecule has 0 aliphatic heterocycles. The Labute approximate surface area is 122 Å². The van der Waals surface area contributed by atoms with E-state index < -0.39 is 5.91 Å². The van der Waals surface area contributed by atoms with Gasteiger partial charge in [0, 0.05) is 11.3 Å². The molecule has 2 aromatic rings. The third kappa shape index (κ3) is 3.60. The number of primary amides is 1. The lowest BCUT2D eigenvalue weighted by Crippen LogP contribution is -2.14. The first kappa shape index (κ1) is 14.6. The van der Waals surface area contributed by atoms with Gasteiger partial charge in [-0.1, -0.05) is 12.1 Å². The molecule has 0 fully saturated rings. The number of ether oxygens (including phenoxy) is 1. The van der Waals surface area contributed by atoms with Gasteiger partial charge in [-0.15, -0.1) is 0 Å². The van der Waals surface area contributed by atoms with E-state index >= 15 is 0 Å². The molecule has 0 saturated carbocycles. The van der Waals surface area contributed by atoms with E-state index in [9.17, 15) is 9.59 Å². The zero-order chi connectivity index (χ0) is 15.2. The molecule has 2 amide bonds. The summed E-state index contributed by atoms with van der Waals surface area (Å²) in [5.74, 6) is -0.244. The molecular formula is C16H16N2O3. The second kappa shape index (κ2) is 6.56. The van der Waals surface area contributed by atoms with Gasteiger partial charge in [0.05, 0.1) is 12.2 Å². The van der Waals surface area contributed by atoms with Crippen LogP contribution in [-0.4, -0.2) is 18.4 Å². The van der Waals surface area contributed by atoms with Gasteiger partial charge in [-0.3, -0.25) is 9.59 Å². The smallest absolute Gasteiger partial charge is 0.259 e. The van der Waals surface area contributed by atoms with E-state index in [0.717, 1.165) is 0 Å². The predicted octanol–water partition coefficient (Wildman–Crippen LogP) is 2.44. The lowest BCUT2D eigenvalue weighted by molar-refractivity contribution is 0.0997. The molecule has 0 spiro atoms. The Hall–Kier alpha value is -2.82. The highest BCUT2D eigenvalue weighted by Gasteiger charge is 2.12. The second-order valence-corrected chi connectivity index (χ2v) is 4.32. The highest BCUT2D eigenvalue weighted by atomic mass is 16.5. The molecule has 0 heterocycles. The van der Waals surface area contributed by atoms with Crippen molar-refractivity contribution in [1.29, 1.82) is 0 Å². The van der Waals surface area contributed by atoms with Gasteiger partial charge < -0.3 is 15.8 Å². The maximum absolute atomic E-state index is 12.2. The largest absolute Gasteiger partial charge is 0.493 e. The molecule has 0 aliphatic rings. The van der Waals surface area contributed by atoms with Crippen LogP contribution in [0.2, 0.25) is 0 Å². The standard InChI is InChI=1S/C16H16N2O3/c1-2-21-14-6-4-3-5-13(14)16(20)18-12-9-7-11(8-10-12)15(17)19/h3-10H,2H2,1H3,(H2,17,19)(H,18,20). The third-order valence-electron chi connectivity index (χ3n) is 2.86. The summed E-state index contributed by atoms with van der Waals surface area (Å²) in [4.78, 5) is 23.2. The van der Waals surface area contributed by atoms with Gasteiger partial charge in [0.25, 0.3) is 5.91 Å². The minimum atomic E-state index is -0.505. The zero-order valence-corrected chi connectivity index (χ0v) is 11.6. The predicted molar refractivity (Wildman–Crippen MR) is 80.5 cm³/mol. The number of nitrogens with two attached hydrogens (primary N) is 1. The van der Waals surface area contributed by atoms with Crippen molar-refractivity contribution in [3.05, 3.63) is 59.7 Å². The first-order chi connectivity index (χ1) is 10.1. The molecule has 21 heavy (non-hydrogen) atoms. The lowest BCUT2D eigenvalue weighted by Gasteiger charge is -2.10. The number of hydrogen-bond donors (Lipinski definition) is 2. The van der Waals surface area contributed by atoms with Crippen LogP contribution in [0, 0.1) is 0 Å². The molecule has 0 radical (unpaired) electrons. The Morgan fingerprint density at radius 3 is 2.38 bits per heavy atom. The Morgan fingerprint density at radius 1 is 1.10 bits per heavy atom. The molecule has 2 rings (SSSR count). The topological polar surface area (TPSA) is 81.4 Å². The number of para-hydroxylation sites is 1. The summed E-state index contributed by atoms with van der Waals surface area (Å²) >= 11 is 0.